The molecule has 0 aliphatic rings. The molecule has 22 heavy (non-hydrogen) atoms. The molecular weight excluding hydrogens is 284 g/mol. The molecule has 2 aromatic rings. The predicted octanol–water partition coefficient (Wildman–Crippen LogP) is 1.96. The smallest absolute Gasteiger partial charge is 0.150 e. The normalized spacial score (nSPS) is 10.4. The van der Waals surface area contributed by atoms with Crippen LogP contribution in [0.4, 0.5) is 0 Å². The van der Waals surface area contributed by atoms with Crippen LogP contribution in [-0.2, 0) is 9.47 Å². The molecule has 0 aliphatic carbocycles. The van der Waals surface area contributed by atoms with E-state index in [1.165, 1.54) is 6.20 Å². The van der Waals surface area contributed by atoms with Gasteiger partial charge in [0.2, 0.25) is 0 Å². The lowest BCUT2D eigenvalue weighted by molar-refractivity contribution is 0.0546. The Bertz CT molecular complexity index is 694. The fourth-order valence-electron chi connectivity index (χ4n) is 1.94. The van der Waals surface area contributed by atoms with Crippen LogP contribution in [0.1, 0.15) is 15.9 Å². The number of pyridine rings is 1. The molecule has 0 fully saturated rings. The average molecular weight is 300 g/mol. The molecule has 6 nitrogen and oxygen atoms in total. The number of nitrogens with zero attached hydrogens (tertiary/aromatic N) is 2. The van der Waals surface area contributed by atoms with Crippen molar-refractivity contribution in [3.63, 3.8) is 0 Å². The number of hydrogen-bond donors (Lipinski definition) is 0. The lowest BCUT2D eigenvalue weighted by atomic mass is 10.1. The summed E-state index contributed by atoms with van der Waals surface area (Å²) in [7, 11) is 1.60. The van der Waals surface area contributed by atoms with Gasteiger partial charge in [0.15, 0.2) is 0 Å². The number of ether oxygens (including phenoxy) is 3. The van der Waals surface area contributed by atoms with E-state index in [9.17, 15) is 10.1 Å². The van der Waals surface area contributed by atoms with Crippen LogP contribution >= 0.6 is 0 Å². The summed E-state index contributed by atoms with van der Waals surface area (Å²) in [6.07, 6.45) is 2.21. The van der Waals surface area contributed by atoms with Gasteiger partial charge in [-0.25, -0.2) is 0 Å². The Morgan fingerprint density at radius 1 is 1.27 bits per heavy atom. The minimum absolute atomic E-state index is 0.294. The zero-order chi connectivity index (χ0) is 15.8. The van der Waals surface area contributed by atoms with Gasteiger partial charge in [0.25, 0.3) is 0 Å². The quantitative estimate of drug-likeness (QED) is 0.547. The van der Waals surface area contributed by atoms with E-state index in [0.29, 0.717) is 54.2 Å². The molecule has 0 aliphatic heterocycles. The fourth-order valence-corrected chi connectivity index (χ4v) is 1.94. The first-order valence-electron chi connectivity index (χ1n) is 6.77. The van der Waals surface area contributed by atoms with Gasteiger partial charge in [-0.05, 0) is 18.2 Å². The maximum absolute atomic E-state index is 10.9. The van der Waals surface area contributed by atoms with Crippen LogP contribution in [0.15, 0.2) is 24.4 Å². The van der Waals surface area contributed by atoms with E-state index >= 15 is 0 Å². The third kappa shape index (κ3) is 3.79. The number of benzene rings is 1. The Labute approximate surface area is 128 Å². The molecule has 0 amide bonds. The maximum atomic E-state index is 10.9. The van der Waals surface area contributed by atoms with E-state index in [1.807, 2.05) is 6.07 Å². The van der Waals surface area contributed by atoms with Crippen molar-refractivity contribution in [3.05, 3.63) is 35.5 Å². The minimum atomic E-state index is 0.294. The molecule has 1 aromatic heterocycles. The molecule has 0 atom stereocenters. The standard InChI is InChI=1S/C16H16N2O4/c1-20-4-5-21-6-7-22-16-13(9-17)10-18-15-3-2-12(11-19)8-14(15)16/h2-3,8,10-11H,4-7H2,1H3. The second-order valence-corrected chi connectivity index (χ2v) is 4.46. The fraction of sp³-hybridized carbons (Fsp3) is 0.312. The summed E-state index contributed by atoms with van der Waals surface area (Å²) in [5, 5.41) is 9.83. The van der Waals surface area contributed by atoms with E-state index < -0.39 is 0 Å². The van der Waals surface area contributed by atoms with Gasteiger partial charge < -0.3 is 14.2 Å². The molecule has 2 rings (SSSR count). The van der Waals surface area contributed by atoms with Crippen LogP contribution < -0.4 is 4.74 Å². The Morgan fingerprint density at radius 2 is 2.09 bits per heavy atom. The van der Waals surface area contributed by atoms with Gasteiger partial charge in [-0.2, -0.15) is 5.26 Å². The number of carbonyl (C=O) groups excluding carboxylic acids is 1. The van der Waals surface area contributed by atoms with Crippen LogP contribution in [0.3, 0.4) is 0 Å². The second-order valence-electron chi connectivity index (χ2n) is 4.46. The summed E-state index contributed by atoms with van der Waals surface area (Å²) in [5.41, 5.74) is 1.50. The number of rotatable bonds is 8. The Balaban J connectivity index is 2.18. The number of carbonyl (C=O) groups is 1. The van der Waals surface area contributed by atoms with E-state index in [2.05, 4.69) is 4.98 Å². The van der Waals surface area contributed by atoms with E-state index in [1.54, 1.807) is 25.3 Å². The van der Waals surface area contributed by atoms with Gasteiger partial charge in [0.05, 0.1) is 25.3 Å². The largest absolute Gasteiger partial charge is 0.489 e. The van der Waals surface area contributed by atoms with Gasteiger partial charge in [0.1, 0.15) is 30.3 Å². The number of hydrogen-bond acceptors (Lipinski definition) is 6. The number of nitriles is 1. The van der Waals surface area contributed by atoms with Crippen molar-refractivity contribution in [1.82, 2.24) is 4.98 Å². The van der Waals surface area contributed by atoms with Gasteiger partial charge >= 0.3 is 0 Å². The van der Waals surface area contributed by atoms with Crippen molar-refractivity contribution in [2.24, 2.45) is 0 Å². The summed E-state index contributed by atoms with van der Waals surface area (Å²) < 4.78 is 15.9. The van der Waals surface area contributed by atoms with Crippen LogP contribution in [0.5, 0.6) is 5.75 Å². The molecule has 0 unspecified atom stereocenters. The number of methoxy groups -OCH3 is 1. The number of aldehydes is 1. The summed E-state index contributed by atoms with van der Waals surface area (Å²) in [5.74, 6) is 0.423. The highest BCUT2D eigenvalue weighted by Gasteiger charge is 2.11. The lowest BCUT2D eigenvalue weighted by Crippen LogP contribution is -2.11. The summed E-state index contributed by atoms with van der Waals surface area (Å²) in [6.45, 7) is 1.68. The summed E-state index contributed by atoms with van der Waals surface area (Å²) in [4.78, 5) is 15.1. The molecule has 0 bridgehead atoms. The molecule has 0 saturated heterocycles. The highest BCUT2D eigenvalue weighted by atomic mass is 16.5. The first-order valence-corrected chi connectivity index (χ1v) is 6.77. The molecular formula is C16H16N2O4. The van der Waals surface area contributed by atoms with E-state index in [-0.39, 0.29) is 0 Å². The summed E-state index contributed by atoms with van der Waals surface area (Å²) >= 11 is 0. The zero-order valence-electron chi connectivity index (χ0n) is 12.2. The van der Waals surface area contributed by atoms with Crippen molar-refractivity contribution < 1.29 is 19.0 Å². The predicted molar refractivity (Wildman–Crippen MR) is 80.0 cm³/mol. The van der Waals surface area contributed by atoms with Crippen molar-refractivity contribution in [3.8, 4) is 11.8 Å². The first-order chi connectivity index (χ1) is 10.8. The molecule has 0 N–H and O–H groups in total. The monoisotopic (exact) mass is 300 g/mol. The molecule has 114 valence electrons. The van der Waals surface area contributed by atoms with Crippen molar-refractivity contribution >= 4 is 17.2 Å². The highest BCUT2D eigenvalue weighted by molar-refractivity contribution is 5.92. The van der Waals surface area contributed by atoms with Gasteiger partial charge in [-0.1, -0.05) is 0 Å². The molecule has 1 heterocycles. The second kappa shape index (κ2) is 8.08. The Hall–Kier alpha value is -2.49. The third-order valence-electron chi connectivity index (χ3n) is 3.00. The first kappa shape index (κ1) is 15.9. The SMILES string of the molecule is COCCOCCOc1c(C#N)cnc2ccc(C=O)cc12. The maximum Gasteiger partial charge on any atom is 0.150 e. The molecule has 0 saturated carbocycles. The van der Waals surface area contributed by atoms with E-state index in [4.69, 9.17) is 14.2 Å². The van der Waals surface area contributed by atoms with Crippen molar-refractivity contribution in [2.45, 2.75) is 0 Å². The highest BCUT2D eigenvalue weighted by Crippen LogP contribution is 2.28. The number of aromatic nitrogens is 1. The van der Waals surface area contributed by atoms with Crippen LogP contribution in [0.25, 0.3) is 10.9 Å². The van der Waals surface area contributed by atoms with Gasteiger partial charge in [0, 0.05) is 24.3 Å². The molecule has 0 radical (unpaired) electrons. The van der Waals surface area contributed by atoms with Crippen LogP contribution in [0, 0.1) is 11.3 Å². The number of fused-ring (bicyclic) bond motifs is 1. The van der Waals surface area contributed by atoms with Gasteiger partial charge in [-0.15, -0.1) is 0 Å². The molecule has 1 aromatic carbocycles. The molecule has 0 spiro atoms. The summed E-state index contributed by atoms with van der Waals surface area (Å²) in [6, 6.07) is 7.11. The van der Waals surface area contributed by atoms with Crippen molar-refractivity contribution in [2.75, 3.05) is 33.5 Å². The zero-order valence-corrected chi connectivity index (χ0v) is 12.2. The Kier molecular flexibility index (Phi) is 5.83. The molecule has 6 heteroatoms. The Morgan fingerprint density at radius 3 is 2.82 bits per heavy atom. The van der Waals surface area contributed by atoms with Crippen molar-refractivity contribution in [1.29, 1.82) is 5.26 Å². The van der Waals surface area contributed by atoms with Crippen LogP contribution in [0.2, 0.25) is 0 Å². The van der Waals surface area contributed by atoms with E-state index in [0.717, 1.165) is 6.29 Å². The third-order valence-corrected chi connectivity index (χ3v) is 3.00. The lowest BCUT2D eigenvalue weighted by Gasteiger charge is -2.11. The topological polar surface area (TPSA) is 81.4 Å². The minimum Gasteiger partial charge on any atom is -0.489 e. The average Bonchev–Trinajstić information content (AvgIpc) is 2.57. The van der Waals surface area contributed by atoms with Gasteiger partial charge in [-0.3, -0.25) is 9.78 Å². The van der Waals surface area contributed by atoms with Crippen LogP contribution in [-0.4, -0.2) is 44.8 Å².